The summed E-state index contributed by atoms with van der Waals surface area (Å²) in [6.45, 7) is 29.1. The molecule has 1 aromatic carbocycles. The summed E-state index contributed by atoms with van der Waals surface area (Å²) < 4.78 is 0. The molecule has 0 aliphatic heterocycles. The molecule has 1 heteroatoms. The van der Waals surface area contributed by atoms with Crippen molar-refractivity contribution < 1.29 is 5.11 Å². The molecule has 0 heterocycles. The fraction of sp³-hybridized carbons (Fsp3) is 0.887. The highest BCUT2D eigenvalue weighted by molar-refractivity contribution is 5.33. The Morgan fingerprint density at radius 3 is 2.04 bits per heavy atom. The van der Waals surface area contributed by atoms with Crippen LogP contribution in [-0.4, -0.2) is 11.2 Å². The van der Waals surface area contributed by atoms with Gasteiger partial charge in [-0.3, -0.25) is 0 Å². The highest BCUT2D eigenvalue weighted by Crippen LogP contribution is 2.63. The number of benzene rings is 1. The lowest BCUT2D eigenvalue weighted by Crippen LogP contribution is -2.33. The third kappa shape index (κ3) is 15.2. The second-order valence-electron chi connectivity index (χ2n) is 21.6. The maximum absolute atomic E-state index is 12.6. The number of hydrogen-bond donors (Lipinski definition) is 1. The minimum absolute atomic E-state index is 0.162. The number of aliphatic hydroxyl groups excluding tert-OH is 1. The summed E-state index contributed by atoms with van der Waals surface area (Å²) in [5.41, 5.74) is 5.43. The number of aliphatic hydroxyl groups is 1. The Bertz CT molecular complexity index is 1140. The molecule has 9 atom stereocenters. The topological polar surface area (TPSA) is 20.2 Å². The lowest BCUT2D eigenvalue weighted by Gasteiger charge is -2.39. The molecule has 0 radical (unpaired) electrons. The highest BCUT2D eigenvalue weighted by atomic mass is 16.3. The van der Waals surface area contributed by atoms with Gasteiger partial charge in [0.25, 0.3) is 0 Å². The van der Waals surface area contributed by atoms with Crippen LogP contribution in [0.2, 0.25) is 0 Å². The van der Waals surface area contributed by atoms with Crippen LogP contribution in [0.3, 0.4) is 0 Å². The Morgan fingerprint density at radius 1 is 0.778 bits per heavy atom. The van der Waals surface area contributed by atoms with Crippen molar-refractivity contribution in [2.24, 2.45) is 58.2 Å². The Morgan fingerprint density at radius 2 is 1.44 bits per heavy atom. The molecule has 0 saturated heterocycles. The van der Waals surface area contributed by atoms with Crippen LogP contribution >= 0.6 is 0 Å². The van der Waals surface area contributed by atoms with Gasteiger partial charge in [0.05, 0.1) is 6.10 Å². The van der Waals surface area contributed by atoms with Crippen LogP contribution in [0.4, 0.5) is 0 Å². The molecule has 2 saturated carbocycles. The summed E-state index contributed by atoms with van der Waals surface area (Å²) >= 11 is 0. The largest absolute Gasteiger partial charge is 0.393 e. The third-order valence-electron chi connectivity index (χ3n) is 15.5. The zero-order valence-electron chi connectivity index (χ0n) is 38.7. The zero-order valence-corrected chi connectivity index (χ0v) is 38.7. The van der Waals surface area contributed by atoms with Gasteiger partial charge in [-0.05, 0) is 152 Å². The lowest BCUT2D eigenvalue weighted by atomic mass is 9.67. The predicted molar refractivity (Wildman–Crippen MR) is 240 cm³/mol. The van der Waals surface area contributed by atoms with E-state index in [-0.39, 0.29) is 6.10 Å². The molecule has 2 fully saturated rings. The predicted octanol–water partition coefficient (Wildman–Crippen LogP) is 16.7. The van der Waals surface area contributed by atoms with Gasteiger partial charge < -0.3 is 5.11 Å². The molecule has 0 amide bonds. The van der Waals surface area contributed by atoms with Crippen molar-refractivity contribution in [1.29, 1.82) is 0 Å². The van der Waals surface area contributed by atoms with Crippen molar-refractivity contribution in [1.82, 2.24) is 0 Å². The molecule has 0 spiro atoms. The molecular weight excluding hydrogens is 653 g/mol. The third-order valence-corrected chi connectivity index (χ3v) is 15.5. The minimum atomic E-state index is -0.162. The quantitative estimate of drug-likeness (QED) is 0.0846. The maximum Gasteiger partial charge on any atom is 0.0574 e. The van der Waals surface area contributed by atoms with E-state index in [9.17, 15) is 5.11 Å². The molecule has 314 valence electrons. The van der Waals surface area contributed by atoms with E-state index in [0.29, 0.717) is 40.4 Å². The Kier molecular flexibility index (Phi) is 20.7. The van der Waals surface area contributed by atoms with Gasteiger partial charge in [-0.25, -0.2) is 0 Å². The van der Waals surface area contributed by atoms with Crippen molar-refractivity contribution in [2.45, 2.75) is 243 Å². The van der Waals surface area contributed by atoms with E-state index in [4.69, 9.17) is 0 Å². The fourth-order valence-electron chi connectivity index (χ4n) is 12.0. The maximum atomic E-state index is 12.6. The summed E-state index contributed by atoms with van der Waals surface area (Å²) in [5, 5.41) is 12.6. The van der Waals surface area contributed by atoms with Crippen LogP contribution < -0.4 is 0 Å². The Labute approximate surface area is 339 Å². The summed E-state index contributed by atoms with van der Waals surface area (Å²) in [5.74, 6) is 6.37. The van der Waals surface area contributed by atoms with Gasteiger partial charge in [0.15, 0.2) is 0 Å². The van der Waals surface area contributed by atoms with Gasteiger partial charge in [-0.15, -0.1) is 0 Å². The summed E-state index contributed by atoms with van der Waals surface area (Å²) in [4.78, 5) is 0. The monoisotopic (exact) mass is 749 g/mol. The molecule has 2 aliphatic rings. The van der Waals surface area contributed by atoms with E-state index in [0.717, 1.165) is 30.1 Å². The smallest absolute Gasteiger partial charge is 0.0574 e. The molecule has 1 N–H and O–H groups in total. The van der Waals surface area contributed by atoms with Crippen LogP contribution in [0.5, 0.6) is 0 Å². The Hall–Kier alpha value is -0.820. The van der Waals surface area contributed by atoms with Crippen molar-refractivity contribution >= 4 is 0 Å². The van der Waals surface area contributed by atoms with Gasteiger partial charge in [0.2, 0.25) is 0 Å². The van der Waals surface area contributed by atoms with Crippen LogP contribution in [0, 0.1) is 65.1 Å². The fourth-order valence-corrected chi connectivity index (χ4v) is 12.0. The van der Waals surface area contributed by atoms with E-state index in [2.05, 4.69) is 101 Å². The summed E-state index contributed by atoms with van der Waals surface area (Å²) in [6.07, 6.45) is 30.3. The van der Waals surface area contributed by atoms with Gasteiger partial charge >= 0.3 is 0 Å². The molecule has 1 nitrogen and oxygen atoms in total. The molecule has 54 heavy (non-hydrogen) atoms. The van der Waals surface area contributed by atoms with E-state index in [1.54, 1.807) is 11.1 Å². The number of rotatable bonds is 28. The van der Waals surface area contributed by atoms with E-state index in [1.165, 1.54) is 147 Å². The average molecular weight is 749 g/mol. The molecule has 3 rings (SSSR count). The SMILES string of the molecule is CCCCCCCC1C[C@@]1(C[C@@H](O)[C@@H](CC(C)CC[C@H](C)CC(C)(C)C)CC(CC)[C@H](CC(CC)c1ccc(CCCC)c(C)c1)C1CCCC1)C(C)C. The van der Waals surface area contributed by atoms with Gasteiger partial charge in [0.1, 0.15) is 0 Å². The molecule has 4 unspecified atom stereocenters. The first kappa shape index (κ1) is 47.6. The van der Waals surface area contributed by atoms with Crippen LogP contribution in [-0.2, 0) is 6.42 Å². The molecular formula is C53H96O. The number of aryl methyl sites for hydroxylation is 2. The van der Waals surface area contributed by atoms with Crippen molar-refractivity contribution in [3.63, 3.8) is 0 Å². The van der Waals surface area contributed by atoms with E-state index >= 15 is 0 Å². The lowest BCUT2D eigenvalue weighted by molar-refractivity contribution is 0.0276. The van der Waals surface area contributed by atoms with Crippen LogP contribution in [0.15, 0.2) is 18.2 Å². The van der Waals surface area contributed by atoms with E-state index < -0.39 is 0 Å². The number of unbranched alkanes of at least 4 members (excludes halogenated alkanes) is 5. The second-order valence-corrected chi connectivity index (χ2v) is 21.6. The van der Waals surface area contributed by atoms with Gasteiger partial charge in [-0.2, -0.15) is 0 Å². The first-order valence-corrected chi connectivity index (χ1v) is 24.4. The molecule has 0 aromatic heterocycles. The van der Waals surface area contributed by atoms with Crippen LogP contribution in [0.1, 0.15) is 240 Å². The standard InChI is InChI=1S/C53H96O/c1-13-17-19-20-21-27-49-37-53(49,39(5)6)38-51(54)48(32-40(7)28-29-41(8)36-52(10,11)12)34-44(16-4)50(46-25-22-23-26-46)35-43(15-3)47-31-30-45(24-18-14-2)42(9)33-47/h30-31,33,39-41,43-44,46,48-51,54H,13-29,32,34-38H2,1-12H3/t40?,41-,43?,44?,48-,49?,50-,51+,53+/m0/s1. The van der Waals surface area contributed by atoms with Crippen molar-refractivity contribution in [3.8, 4) is 0 Å². The number of hydrogen-bond acceptors (Lipinski definition) is 1. The molecule has 0 bridgehead atoms. The minimum Gasteiger partial charge on any atom is -0.393 e. The van der Waals surface area contributed by atoms with Crippen LogP contribution in [0.25, 0.3) is 0 Å². The normalized spacial score (nSPS) is 23.3. The molecule has 1 aromatic rings. The van der Waals surface area contributed by atoms with Gasteiger partial charge in [-0.1, -0.05) is 178 Å². The summed E-state index contributed by atoms with van der Waals surface area (Å²) in [6, 6.07) is 7.55. The van der Waals surface area contributed by atoms with Gasteiger partial charge in [0, 0.05) is 0 Å². The molecule has 2 aliphatic carbocycles. The zero-order chi connectivity index (χ0) is 39.9. The van der Waals surface area contributed by atoms with Crippen molar-refractivity contribution in [3.05, 3.63) is 34.9 Å². The van der Waals surface area contributed by atoms with E-state index in [1.807, 2.05) is 0 Å². The second kappa shape index (κ2) is 23.6. The van der Waals surface area contributed by atoms with Crippen molar-refractivity contribution in [2.75, 3.05) is 0 Å². The average Bonchev–Trinajstić information content (AvgIpc) is 3.53. The summed E-state index contributed by atoms with van der Waals surface area (Å²) in [7, 11) is 0. The first-order valence-electron chi connectivity index (χ1n) is 24.4. The highest BCUT2D eigenvalue weighted by Gasteiger charge is 2.56. The first-order chi connectivity index (χ1) is 25.7. The Balaban J connectivity index is 1.84.